The molecule has 0 bridgehead atoms. The zero-order valence-corrected chi connectivity index (χ0v) is 11.7. The molecule has 0 unspecified atom stereocenters. The van der Waals surface area contributed by atoms with Crippen molar-refractivity contribution in [1.82, 2.24) is 9.97 Å². The Hall–Kier alpha value is -0.940. The van der Waals surface area contributed by atoms with Gasteiger partial charge in [-0.1, -0.05) is 0 Å². The van der Waals surface area contributed by atoms with E-state index in [1.807, 2.05) is 19.1 Å². The minimum absolute atomic E-state index is 0.0806. The summed E-state index contributed by atoms with van der Waals surface area (Å²) in [6.07, 6.45) is 2.27. The molecule has 3 rings (SSSR count). The maximum absolute atomic E-state index is 11.8. The highest BCUT2D eigenvalue weighted by Crippen LogP contribution is 2.41. The summed E-state index contributed by atoms with van der Waals surface area (Å²) in [5, 5.41) is 0. The smallest absolute Gasteiger partial charge is 0.265 e. The molecule has 0 spiro atoms. The molecule has 1 aliphatic rings. The second-order valence-corrected chi connectivity index (χ2v) is 6.38. The number of aromatic amines is 1. The number of aryl methyl sites for hydroxylation is 1. The lowest BCUT2D eigenvalue weighted by Crippen LogP contribution is -2.12. The first kappa shape index (κ1) is 11.2. The third kappa shape index (κ3) is 2.09. The highest BCUT2D eigenvalue weighted by Gasteiger charge is 2.29. The number of hydrogen-bond acceptors (Lipinski definition) is 3. The molecule has 2 heterocycles. The second kappa shape index (κ2) is 4.07. The Morgan fingerprint density at radius 2 is 2.24 bits per heavy atom. The Morgan fingerprint density at radius 3 is 2.82 bits per heavy atom. The number of H-pyrrole nitrogens is 1. The van der Waals surface area contributed by atoms with E-state index in [1.54, 1.807) is 11.3 Å². The summed E-state index contributed by atoms with van der Waals surface area (Å²) in [5.74, 6) is 1.16. The number of aromatic nitrogens is 2. The highest BCUT2D eigenvalue weighted by molar-refractivity contribution is 9.10. The Balaban J connectivity index is 2.14. The summed E-state index contributed by atoms with van der Waals surface area (Å²) in [4.78, 5) is 21.5. The molecule has 1 fully saturated rings. The summed E-state index contributed by atoms with van der Waals surface area (Å²) in [5.41, 5.74) is 0.831. The van der Waals surface area contributed by atoms with Crippen molar-refractivity contribution in [2.24, 2.45) is 0 Å². The quantitative estimate of drug-likeness (QED) is 0.923. The lowest BCUT2D eigenvalue weighted by Gasteiger charge is -2.03. The van der Waals surface area contributed by atoms with Crippen LogP contribution >= 0.6 is 27.3 Å². The standard InChI is InChI=1S/C12H11BrN2OS/c1-6-2-5-8(17-6)11-14-10(7-3-4-7)9(13)12(16)15-11/h2,5,7H,3-4H2,1H3,(H,14,15,16). The van der Waals surface area contributed by atoms with Gasteiger partial charge in [-0.2, -0.15) is 0 Å². The van der Waals surface area contributed by atoms with Crippen molar-refractivity contribution in [2.75, 3.05) is 0 Å². The molecule has 0 aromatic carbocycles. The average molecular weight is 311 g/mol. The first-order valence-electron chi connectivity index (χ1n) is 5.51. The van der Waals surface area contributed by atoms with E-state index in [9.17, 15) is 4.79 Å². The molecule has 17 heavy (non-hydrogen) atoms. The predicted octanol–water partition coefficient (Wildman–Crippen LogP) is 3.45. The van der Waals surface area contributed by atoms with Crippen LogP contribution in [-0.4, -0.2) is 9.97 Å². The summed E-state index contributed by atoms with van der Waals surface area (Å²) in [6, 6.07) is 4.04. The van der Waals surface area contributed by atoms with Crippen LogP contribution in [0.4, 0.5) is 0 Å². The average Bonchev–Trinajstić information content (AvgIpc) is 3.05. The van der Waals surface area contributed by atoms with E-state index < -0.39 is 0 Å². The van der Waals surface area contributed by atoms with E-state index in [1.165, 1.54) is 4.88 Å². The maximum Gasteiger partial charge on any atom is 0.265 e. The van der Waals surface area contributed by atoms with E-state index in [0.717, 1.165) is 23.4 Å². The van der Waals surface area contributed by atoms with Crippen LogP contribution in [0, 0.1) is 6.92 Å². The molecule has 5 heteroatoms. The molecule has 88 valence electrons. The van der Waals surface area contributed by atoms with Crippen molar-refractivity contribution in [3.05, 3.63) is 37.5 Å². The van der Waals surface area contributed by atoms with Gasteiger partial charge in [0.15, 0.2) is 5.82 Å². The molecule has 1 N–H and O–H groups in total. The van der Waals surface area contributed by atoms with Crippen LogP contribution < -0.4 is 5.56 Å². The van der Waals surface area contributed by atoms with E-state index in [2.05, 4.69) is 25.9 Å². The first-order valence-corrected chi connectivity index (χ1v) is 7.12. The Kier molecular flexibility index (Phi) is 2.67. The SMILES string of the molecule is Cc1ccc(-c2nc(C3CC3)c(Br)c(=O)[nH]2)s1. The van der Waals surface area contributed by atoms with E-state index in [-0.39, 0.29) is 5.56 Å². The van der Waals surface area contributed by atoms with Crippen molar-refractivity contribution in [3.63, 3.8) is 0 Å². The third-order valence-electron chi connectivity index (χ3n) is 2.83. The summed E-state index contributed by atoms with van der Waals surface area (Å²) < 4.78 is 0.594. The molecular formula is C12H11BrN2OS. The van der Waals surface area contributed by atoms with Crippen LogP contribution in [0.15, 0.2) is 21.4 Å². The maximum atomic E-state index is 11.8. The number of halogens is 1. The molecule has 0 amide bonds. The molecular weight excluding hydrogens is 300 g/mol. The summed E-state index contributed by atoms with van der Waals surface area (Å²) in [7, 11) is 0. The zero-order chi connectivity index (χ0) is 12.0. The molecule has 0 radical (unpaired) electrons. The van der Waals surface area contributed by atoms with E-state index in [4.69, 9.17) is 0 Å². The van der Waals surface area contributed by atoms with Gasteiger partial charge in [0, 0.05) is 10.8 Å². The van der Waals surface area contributed by atoms with Crippen LogP contribution in [0.25, 0.3) is 10.7 Å². The Morgan fingerprint density at radius 1 is 1.47 bits per heavy atom. The van der Waals surface area contributed by atoms with Crippen LogP contribution in [0.1, 0.15) is 29.3 Å². The highest BCUT2D eigenvalue weighted by atomic mass is 79.9. The first-order chi connectivity index (χ1) is 8.15. The van der Waals surface area contributed by atoms with Gasteiger partial charge >= 0.3 is 0 Å². The van der Waals surface area contributed by atoms with Gasteiger partial charge in [-0.3, -0.25) is 4.79 Å². The molecule has 2 aromatic heterocycles. The minimum Gasteiger partial charge on any atom is -0.305 e. The molecule has 1 aliphatic carbocycles. The fraction of sp³-hybridized carbons (Fsp3) is 0.333. The second-order valence-electron chi connectivity index (χ2n) is 4.30. The van der Waals surface area contributed by atoms with Crippen LogP contribution in [0.5, 0.6) is 0 Å². The van der Waals surface area contributed by atoms with Crippen molar-refractivity contribution < 1.29 is 0 Å². The Bertz CT molecular complexity index is 628. The fourth-order valence-corrected chi connectivity index (χ4v) is 3.11. The Labute approximate surface area is 111 Å². The number of hydrogen-bond donors (Lipinski definition) is 1. The topological polar surface area (TPSA) is 45.8 Å². The summed E-state index contributed by atoms with van der Waals surface area (Å²) >= 11 is 4.98. The number of nitrogens with one attached hydrogen (secondary N) is 1. The number of thiophene rings is 1. The largest absolute Gasteiger partial charge is 0.305 e. The van der Waals surface area contributed by atoms with Crippen molar-refractivity contribution in [3.8, 4) is 10.7 Å². The van der Waals surface area contributed by atoms with Gasteiger partial charge in [0.25, 0.3) is 5.56 Å². The minimum atomic E-state index is -0.0806. The van der Waals surface area contributed by atoms with Gasteiger partial charge in [0.2, 0.25) is 0 Å². The van der Waals surface area contributed by atoms with Gasteiger partial charge in [0.1, 0.15) is 4.47 Å². The fourth-order valence-electron chi connectivity index (χ4n) is 1.78. The zero-order valence-electron chi connectivity index (χ0n) is 9.29. The van der Waals surface area contributed by atoms with E-state index >= 15 is 0 Å². The molecule has 0 aliphatic heterocycles. The van der Waals surface area contributed by atoms with Gasteiger partial charge in [-0.15, -0.1) is 11.3 Å². The van der Waals surface area contributed by atoms with Gasteiger partial charge in [0.05, 0.1) is 10.6 Å². The summed E-state index contributed by atoms with van der Waals surface area (Å²) in [6.45, 7) is 2.05. The molecule has 0 saturated heterocycles. The molecule has 3 nitrogen and oxygen atoms in total. The van der Waals surface area contributed by atoms with Crippen LogP contribution in [0.2, 0.25) is 0 Å². The monoisotopic (exact) mass is 310 g/mol. The van der Waals surface area contributed by atoms with E-state index in [0.29, 0.717) is 16.2 Å². The lowest BCUT2D eigenvalue weighted by atomic mass is 10.3. The van der Waals surface area contributed by atoms with Gasteiger partial charge < -0.3 is 4.98 Å². The molecule has 1 saturated carbocycles. The number of nitrogens with zero attached hydrogens (tertiary/aromatic N) is 1. The van der Waals surface area contributed by atoms with Crippen molar-refractivity contribution >= 4 is 27.3 Å². The molecule has 2 aromatic rings. The lowest BCUT2D eigenvalue weighted by molar-refractivity contribution is 0.962. The normalized spacial score (nSPS) is 15.2. The van der Waals surface area contributed by atoms with Gasteiger partial charge in [-0.05, 0) is 47.8 Å². The third-order valence-corrected chi connectivity index (χ3v) is 4.60. The van der Waals surface area contributed by atoms with Gasteiger partial charge in [-0.25, -0.2) is 4.98 Å². The predicted molar refractivity (Wildman–Crippen MR) is 72.6 cm³/mol. The number of rotatable bonds is 2. The van der Waals surface area contributed by atoms with Crippen LogP contribution in [-0.2, 0) is 0 Å². The van der Waals surface area contributed by atoms with Crippen LogP contribution in [0.3, 0.4) is 0 Å². The van der Waals surface area contributed by atoms with Crippen molar-refractivity contribution in [1.29, 1.82) is 0 Å². The molecule has 0 atom stereocenters. The van der Waals surface area contributed by atoms with Crippen molar-refractivity contribution in [2.45, 2.75) is 25.7 Å².